The van der Waals surface area contributed by atoms with Gasteiger partial charge in [0.15, 0.2) is 11.4 Å². The van der Waals surface area contributed by atoms with Crippen LogP contribution in [-0.2, 0) is 11.2 Å². The van der Waals surface area contributed by atoms with Crippen molar-refractivity contribution in [2.45, 2.75) is 32.3 Å². The van der Waals surface area contributed by atoms with Crippen LogP contribution in [0.15, 0.2) is 34.9 Å². The summed E-state index contributed by atoms with van der Waals surface area (Å²) in [6.07, 6.45) is 4.50. The lowest BCUT2D eigenvalue weighted by Crippen LogP contribution is -2.32. The van der Waals surface area contributed by atoms with Crippen molar-refractivity contribution in [2.75, 3.05) is 13.2 Å². The van der Waals surface area contributed by atoms with E-state index >= 15 is 0 Å². The van der Waals surface area contributed by atoms with Gasteiger partial charge in [-0.15, -0.1) is 0 Å². The number of hydrogen-bond acceptors (Lipinski definition) is 5. The van der Waals surface area contributed by atoms with Gasteiger partial charge in [0.05, 0.1) is 12.4 Å². The summed E-state index contributed by atoms with van der Waals surface area (Å²) < 4.78 is 12.7. The third kappa shape index (κ3) is 3.15. The number of carbonyl (C=O) groups is 1. The van der Waals surface area contributed by atoms with Crippen molar-refractivity contribution in [3.63, 3.8) is 0 Å². The Bertz CT molecular complexity index is 879. The molecular formula is C18H20N4O3. The second-order valence-corrected chi connectivity index (χ2v) is 6.11. The Morgan fingerprint density at radius 2 is 2.36 bits per heavy atom. The van der Waals surface area contributed by atoms with Crippen molar-refractivity contribution in [1.82, 2.24) is 19.9 Å². The first-order valence-electron chi connectivity index (χ1n) is 8.58. The SMILES string of the molecule is CCc1cc(C(=O)NC[C@@H]2CCCO2)nc2cc(-c3ccco3)nn12. The monoisotopic (exact) mass is 340 g/mol. The Morgan fingerprint density at radius 3 is 3.08 bits per heavy atom. The first kappa shape index (κ1) is 15.8. The fourth-order valence-electron chi connectivity index (χ4n) is 3.05. The van der Waals surface area contributed by atoms with Crippen LogP contribution in [0.5, 0.6) is 0 Å². The summed E-state index contributed by atoms with van der Waals surface area (Å²) in [5, 5.41) is 7.46. The van der Waals surface area contributed by atoms with Gasteiger partial charge >= 0.3 is 0 Å². The molecule has 7 heteroatoms. The van der Waals surface area contributed by atoms with Crippen molar-refractivity contribution >= 4 is 11.6 Å². The molecule has 1 amide bonds. The molecule has 25 heavy (non-hydrogen) atoms. The van der Waals surface area contributed by atoms with E-state index in [1.54, 1.807) is 16.8 Å². The van der Waals surface area contributed by atoms with Crippen molar-refractivity contribution in [3.05, 3.63) is 41.9 Å². The van der Waals surface area contributed by atoms with E-state index in [0.29, 0.717) is 29.3 Å². The predicted octanol–water partition coefficient (Wildman–Crippen LogP) is 2.46. The van der Waals surface area contributed by atoms with E-state index in [4.69, 9.17) is 9.15 Å². The van der Waals surface area contributed by atoms with Crippen LogP contribution < -0.4 is 5.32 Å². The molecule has 7 nitrogen and oxygen atoms in total. The minimum Gasteiger partial charge on any atom is -0.463 e. The zero-order valence-electron chi connectivity index (χ0n) is 14.1. The van der Waals surface area contributed by atoms with Crippen LogP contribution in [0.2, 0.25) is 0 Å². The number of amides is 1. The average molecular weight is 340 g/mol. The summed E-state index contributed by atoms with van der Waals surface area (Å²) in [7, 11) is 0. The number of hydrogen-bond donors (Lipinski definition) is 1. The number of aryl methyl sites for hydroxylation is 1. The molecule has 0 saturated carbocycles. The van der Waals surface area contributed by atoms with Gasteiger partial charge in [-0.2, -0.15) is 5.10 Å². The van der Waals surface area contributed by atoms with Gasteiger partial charge in [0.2, 0.25) is 0 Å². The minimum absolute atomic E-state index is 0.110. The second kappa shape index (κ2) is 6.68. The van der Waals surface area contributed by atoms with E-state index in [2.05, 4.69) is 15.4 Å². The number of rotatable bonds is 5. The standard InChI is InChI=1S/C18H20N4O3/c1-2-12-9-15(18(23)19-11-13-5-3-7-24-13)20-17-10-14(21-22(12)17)16-6-4-8-25-16/h4,6,8-10,13H,2-3,5,7,11H2,1H3,(H,19,23)/t13-/m0/s1. The number of furan rings is 1. The van der Waals surface area contributed by atoms with Gasteiger partial charge in [0.25, 0.3) is 5.91 Å². The Kier molecular flexibility index (Phi) is 4.23. The molecule has 3 aromatic heterocycles. The molecule has 0 bridgehead atoms. The highest BCUT2D eigenvalue weighted by molar-refractivity contribution is 5.93. The summed E-state index contributed by atoms with van der Waals surface area (Å²) in [5.41, 5.74) is 2.65. The summed E-state index contributed by atoms with van der Waals surface area (Å²) >= 11 is 0. The molecular weight excluding hydrogens is 320 g/mol. The highest BCUT2D eigenvalue weighted by Crippen LogP contribution is 2.21. The number of ether oxygens (including phenoxy) is 1. The van der Waals surface area contributed by atoms with Crippen molar-refractivity contribution < 1.29 is 13.9 Å². The van der Waals surface area contributed by atoms with Crippen LogP contribution in [0.1, 0.15) is 35.9 Å². The van der Waals surface area contributed by atoms with Crippen LogP contribution in [0, 0.1) is 0 Å². The lowest BCUT2D eigenvalue weighted by molar-refractivity contribution is 0.0853. The Hall–Kier alpha value is -2.67. The van der Waals surface area contributed by atoms with Gasteiger partial charge in [-0.3, -0.25) is 4.79 Å². The maximum absolute atomic E-state index is 12.5. The van der Waals surface area contributed by atoms with E-state index in [-0.39, 0.29) is 12.0 Å². The van der Waals surface area contributed by atoms with E-state index in [0.717, 1.165) is 31.6 Å². The fourth-order valence-corrected chi connectivity index (χ4v) is 3.05. The molecule has 1 N–H and O–H groups in total. The zero-order chi connectivity index (χ0) is 17.2. The summed E-state index contributed by atoms with van der Waals surface area (Å²) in [5.74, 6) is 0.491. The summed E-state index contributed by atoms with van der Waals surface area (Å²) in [6.45, 7) is 3.32. The molecule has 0 unspecified atom stereocenters. The third-order valence-corrected chi connectivity index (χ3v) is 4.38. The van der Waals surface area contributed by atoms with Gasteiger partial charge < -0.3 is 14.5 Å². The molecule has 1 aliphatic rings. The van der Waals surface area contributed by atoms with Gasteiger partial charge in [-0.05, 0) is 37.5 Å². The third-order valence-electron chi connectivity index (χ3n) is 4.38. The van der Waals surface area contributed by atoms with Gasteiger partial charge in [-0.1, -0.05) is 6.92 Å². The van der Waals surface area contributed by atoms with Gasteiger partial charge in [0, 0.05) is 24.9 Å². The summed E-state index contributed by atoms with van der Waals surface area (Å²) in [4.78, 5) is 16.9. The number of fused-ring (bicyclic) bond motifs is 1. The number of carbonyl (C=O) groups excluding carboxylic acids is 1. The fraction of sp³-hybridized carbons (Fsp3) is 0.389. The highest BCUT2D eigenvalue weighted by Gasteiger charge is 2.19. The number of nitrogens with zero attached hydrogens (tertiary/aromatic N) is 3. The Balaban J connectivity index is 1.61. The predicted molar refractivity (Wildman–Crippen MR) is 91.4 cm³/mol. The van der Waals surface area contributed by atoms with E-state index in [1.165, 1.54) is 0 Å². The Morgan fingerprint density at radius 1 is 1.44 bits per heavy atom. The maximum Gasteiger partial charge on any atom is 0.270 e. The Labute approximate surface area is 145 Å². The zero-order valence-corrected chi connectivity index (χ0v) is 14.1. The molecule has 130 valence electrons. The highest BCUT2D eigenvalue weighted by atomic mass is 16.5. The van der Waals surface area contributed by atoms with E-state index < -0.39 is 0 Å². The molecule has 0 aromatic carbocycles. The largest absolute Gasteiger partial charge is 0.463 e. The lowest BCUT2D eigenvalue weighted by Gasteiger charge is -2.11. The lowest BCUT2D eigenvalue weighted by atomic mass is 10.2. The molecule has 4 heterocycles. The molecule has 0 aliphatic carbocycles. The quantitative estimate of drug-likeness (QED) is 0.771. The van der Waals surface area contributed by atoms with Crippen molar-refractivity contribution in [2.24, 2.45) is 0 Å². The van der Waals surface area contributed by atoms with Crippen molar-refractivity contribution in [1.29, 1.82) is 0 Å². The topological polar surface area (TPSA) is 81.7 Å². The molecule has 0 radical (unpaired) electrons. The molecule has 1 atom stereocenters. The smallest absolute Gasteiger partial charge is 0.270 e. The molecule has 0 spiro atoms. The normalized spacial score (nSPS) is 17.2. The van der Waals surface area contributed by atoms with Crippen LogP contribution in [-0.4, -0.2) is 39.8 Å². The first-order chi connectivity index (χ1) is 12.2. The molecule has 3 aromatic rings. The van der Waals surface area contributed by atoms with Crippen LogP contribution >= 0.6 is 0 Å². The van der Waals surface area contributed by atoms with Gasteiger partial charge in [0.1, 0.15) is 11.4 Å². The maximum atomic E-state index is 12.5. The molecule has 1 saturated heterocycles. The first-order valence-corrected chi connectivity index (χ1v) is 8.58. The van der Waals surface area contributed by atoms with Crippen molar-refractivity contribution in [3.8, 4) is 11.5 Å². The molecule has 1 fully saturated rings. The minimum atomic E-state index is -0.187. The van der Waals surface area contributed by atoms with Crippen LogP contribution in [0.25, 0.3) is 17.1 Å². The van der Waals surface area contributed by atoms with Gasteiger partial charge in [-0.25, -0.2) is 9.50 Å². The number of aromatic nitrogens is 3. The van der Waals surface area contributed by atoms with Crippen LogP contribution in [0.3, 0.4) is 0 Å². The molecule has 4 rings (SSSR count). The average Bonchev–Trinajstić information content (AvgIpc) is 3.39. The van der Waals surface area contributed by atoms with E-state index in [1.807, 2.05) is 25.1 Å². The van der Waals surface area contributed by atoms with E-state index in [9.17, 15) is 4.79 Å². The molecule has 1 aliphatic heterocycles. The summed E-state index contributed by atoms with van der Waals surface area (Å²) in [6, 6.07) is 7.28. The van der Waals surface area contributed by atoms with Crippen LogP contribution in [0.4, 0.5) is 0 Å². The second-order valence-electron chi connectivity index (χ2n) is 6.11. The number of nitrogens with one attached hydrogen (secondary N) is 1.